The largest absolute Gasteiger partial charge is 0.494 e. The molecule has 2 rings (SSSR count). The van der Waals surface area contributed by atoms with Crippen molar-refractivity contribution < 1.29 is 14.2 Å². The van der Waals surface area contributed by atoms with Gasteiger partial charge in [-0.25, -0.2) is 4.39 Å². The Labute approximate surface area is 94.4 Å². The van der Waals surface area contributed by atoms with E-state index in [-0.39, 0.29) is 5.75 Å². The summed E-state index contributed by atoms with van der Waals surface area (Å²) in [5.41, 5.74) is 1.58. The van der Waals surface area contributed by atoms with Gasteiger partial charge in [-0.1, -0.05) is 12.1 Å². The first kappa shape index (κ1) is 11.1. The van der Waals surface area contributed by atoms with E-state index >= 15 is 0 Å². The maximum absolute atomic E-state index is 13.4. The number of methoxy groups -OCH3 is 1. The summed E-state index contributed by atoms with van der Waals surface area (Å²) in [5.74, 6) is -0.228. The van der Waals surface area contributed by atoms with Crippen molar-refractivity contribution in [2.45, 2.75) is 25.4 Å². The Balaban J connectivity index is 2.23. The van der Waals surface area contributed by atoms with Crippen LogP contribution in [-0.2, 0) is 0 Å². The lowest BCUT2D eigenvalue weighted by Gasteiger charge is -2.13. The highest BCUT2D eigenvalue weighted by Gasteiger charge is 2.17. The molecule has 0 saturated heterocycles. The number of ether oxygens (including phenoxy) is 1. The zero-order valence-electron chi connectivity index (χ0n) is 9.24. The molecule has 1 aromatic carbocycles. The van der Waals surface area contributed by atoms with E-state index < -0.39 is 11.9 Å². The number of allylic oxidation sites excluding steroid dienone is 1. The third kappa shape index (κ3) is 2.09. The van der Waals surface area contributed by atoms with Crippen LogP contribution in [0, 0.1) is 5.82 Å². The van der Waals surface area contributed by atoms with Crippen LogP contribution in [0.15, 0.2) is 29.8 Å². The highest BCUT2D eigenvalue weighted by atomic mass is 19.1. The predicted molar refractivity (Wildman–Crippen MR) is 59.8 cm³/mol. The van der Waals surface area contributed by atoms with Gasteiger partial charge in [-0.2, -0.15) is 0 Å². The molecule has 16 heavy (non-hydrogen) atoms. The van der Waals surface area contributed by atoms with E-state index in [0.29, 0.717) is 5.56 Å². The van der Waals surface area contributed by atoms with Gasteiger partial charge in [0.2, 0.25) is 0 Å². The zero-order valence-corrected chi connectivity index (χ0v) is 9.24. The maximum atomic E-state index is 13.4. The highest BCUT2D eigenvalue weighted by Crippen LogP contribution is 2.32. The fourth-order valence-electron chi connectivity index (χ4n) is 2.01. The summed E-state index contributed by atoms with van der Waals surface area (Å²) in [7, 11) is 1.42. The second kappa shape index (κ2) is 4.66. The van der Waals surface area contributed by atoms with Crippen LogP contribution in [-0.4, -0.2) is 12.2 Å². The first-order valence-electron chi connectivity index (χ1n) is 5.43. The summed E-state index contributed by atoms with van der Waals surface area (Å²) < 4.78 is 18.3. The highest BCUT2D eigenvalue weighted by molar-refractivity contribution is 5.34. The lowest BCUT2D eigenvalue weighted by atomic mass is 10.0. The summed E-state index contributed by atoms with van der Waals surface area (Å²) in [6, 6.07) is 4.58. The molecule has 1 aliphatic rings. The molecule has 1 aromatic rings. The summed E-state index contributed by atoms with van der Waals surface area (Å²) in [5, 5.41) is 10.0. The van der Waals surface area contributed by atoms with Crippen molar-refractivity contribution in [2.75, 3.05) is 7.11 Å². The molecule has 0 radical (unpaired) electrons. The number of aliphatic hydroxyl groups is 1. The minimum atomic E-state index is -0.678. The lowest BCUT2D eigenvalue weighted by molar-refractivity contribution is 0.212. The molecule has 1 N–H and O–H groups in total. The summed E-state index contributed by atoms with van der Waals surface area (Å²) in [6.45, 7) is 0. The van der Waals surface area contributed by atoms with Crippen molar-refractivity contribution in [3.05, 3.63) is 41.2 Å². The van der Waals surface area contributed by atoms with Crippen LogP contribution in [0.2, 0.25) is 0 Å². The van der Waals surface area contributed by atoms with Crippen LogP contribution in [0.4, 0.5) is 4.39 Å². The van der Waals surface area contributed by atoms with Crippen LogP contribution in [0.3, 0.4) is 0 Å². The number of aliphatic hydroxyl groups excluding tert-OH is 1. The van der Waals surface area contributed by atoms with Gasteiger partial charge >= 0.3 is 0 Å². The maximum Gasteiger partial charge on any atom is 0.165 e. The molecule has 0 heterocycles. The minimum absolute atomic E-state index is 0.205. The van der Waals surface area contributed by atoms with E-state index in [0.717, 1.165) is 24.8 Å². The molecule has 0 bridgehead atoms. The molecule has 0 spiro atoms. The van der Waals surface area contributed by atoms with Crippen LogP contribution in [0.25, 0.3) is 0 Å². The topological polar surface area (TPSA) is 29.5 Å². The fourth-order valence-corrected chi connectivity index (χ4v) is 2.01. The average molecular weight is 222 g/mol. The van der Waals surface area contributed by atoms with Gasteiger partial charge in [0, 0.05) is 0 Å². The Hall–Kier alpha value is -1.35. The molecule has 0 amide bonds. The predicted octanol–water partition coefficient (Wildman–Crippen LogP) is 2.98. The van der Waals surface area contributed by atoms with Crippen LogP contribution >= 0.6 is 0 Å². The Kier molecular flexibility index (Phi) is 3.25. The summed E-state index contributed by atoms with van der Waals surface area (Å²) in [6.07, 6.45) is 4.33. The van der Waals surface area contributed by atoms with Gasteiger partial charge in [-0.05, 0) is 42.5 Å². The van der Waals surface area contributed by atoms with Gasteiger partial charge < -0.3 is 9.84 Å². The second-order valence-corrected chi connectivity index (χ2v) is 3.97. The number of hydrogen-bond acceptors (Lipinski definition) is 2. The van der Waals surface area contributed by atoms with Crippen LogP contribution in [0.1, 0.15) is 30.9 Å². The van der Waals surface area contributed by atoms with Gasteiger partial charge in [0.15, 0.2) is 11.6 Å². The zero-order chi connectivity index (χ0) is 11.5. The van der Waals surface area contributed by atoms with E-state index in [1.807, 2.05) is 6.08 Å². The normalized spacial score (nSPS) is 17.1. The van der Waals surface area contributed by atoms with Gasteiger partial charge in [0.05, 0.1) is 7.11 Å². The Morgan fingerprint density at radius 1 is 1.44 bits per heavy atom. The Bertz CT molecular complexity index is 412. The second-order valence-electron chi connectivity index (χ2n) is 3.97. The molecule has 0 aromatic heterocycles. The Morgan fingerprint density at radius 2 is 2.25 bits per heavy atom. The standard InChI is InChI=1S/C13H15FO2/c1-16-12-7-6-10(8-11(12)14)13(15)9-4-2-3-5-9/h4,6-8,13,15H,2-3,5H2,1H3. The van der Waals surface area contributed by atoms with Gasteiger partial charge in [0.1, 0.15) is 6.10 Å². The van der Waals surface area contributed by atoms with Crippen LogP contribution in [0.5, 0.6) is 5.75 Å². The van der Waals surface area contributed by atoms with E-state index in [1.165, 1.54) is 13.2 Å². The molecule has 0 fully saturated rings. The Morgan fingerprint density at radius 3 is 2.81 bits per heavy atom. The fraction of sp³-hybridized carbons (Fsp3) is 0.385. The third-order valence-corrected chi connectivity index (χ3v) is 2.92. The van der Waals surface area contributed by atoms with E-state index in [9.17, 15) is 9.50 Å². The van der Waals surface area contributed by atoms with Crippen molar-refractivity contribution in [2.24, 2.45) is 0 Å². The van der Waals surface area contributed by atoms with Crippen molar-refractivity contribution in [1.82, 2.24) is 0 Å². The first-order valence-corrected chi connectivity index (χ1v) is 5.43. The van der Waals surface area contributed by atoms with E-state index in [1.54, 1.807) is 12.1 Å². The number of benzene rings is 1. The summed E-state index contributed by atoms with van der Waals surface area (Å²) >= 11 is 0. The van der Waals surface area contributed by atoms with Crippen molar-refractivity contribution in [1.29, 1.82) is 0 Å². The molecular weight excluding hydrogens is 207 g/mol. The molecule has 3 heteroatoms. The molecule has 1 unspecified atom stereocenters. The smallest absolute Gasteiger partial charge is 0.165 e. The molecule has 2 nitrogen and oxygen atoms in total. The lowest BCUT2D eigenvalue weighted by Crippen LogP contribution is -2.01. The quantitative estimate of drug-likeness (QED) is 0.797. The van der Waals surface area contributed by atoms with Crippen LogP contribution < -0.4 is 4.74 Å². The van der Waals surface area contributed by atoms with Crippen molar-refractivity contribution in [3.63, 3.8) is 0 Å². The summed E-state index contributed by atoms with van der Waals surface area (Å²) in [4.78, 5) is 0. The van der Waals surface area contributed by atoms with Gasteiger partial charge in [0.25, 0.3) is 0 Å². The number of rotatable bonds is 3. The number of hydrogen-bond donors (Lipinski definition) is 1. The molecule has 1 atom stereocenters. The van der Waals surface area contributed by atoms with Crippen molar-refractivity contribution >= 4 is 0 Å². The average Bonchev–Trinajstić information content (AvgIpc) is 2.81. The molecule has 0 saturated carbocycles. The molecule has 0 aliphatic heterocycles. The van der Waals surface area contributed by atoms with Crippen molar-refractivity contribution in [3.8, 4) is 5.75 Å². The van der Waals surface area contributed by atoms with Gasteiger partial charge in [-0.3, -0.25) is 0 Å². The van der Waals surface area contributed by atoms with E-state index in [4.69, 9.17) is 4.74 Å². The minimum Gasteiger partial charge on any atom is -0.494 e. The molecule has 1 aliphatic carbocycles. The third-order valence-electron chi connectivity index (χ3n) is 2.92. The monoisotopic (exact) mass is 222 g/mol. The SMILES string of the molecule is COc1ccc(C(O)C2=CCCC2)cc1F. The van der Waals surface area contributed by atoms with Gasteiger partial charge in [-0.15, -0.1) is 0 Å². The molecule has 86 valence electrons. The number of halogens is 1. The first-order chi connectivity index (χ1) is 7.72. The van der Waals surface area contributed by atoms with E-state index in [2.05, 4.69) is 0 Å². The molecular formula is C13H15FO2.